The van der Waals surface area contributed by atoms with Crippen molar-refractivity contribution >= 4 is 16.9 Å². The van der Waals surface area contributed by atoms with Crippen molar-refractivity contribution < 1.29 is 13.5 Å². The van der Waals surface area contributed by atoms with Crippen LogP contribution >= 0.6 is 11.8 Å². The number of halogens is 2. The van der Waals surface area contributed by atoms with E-state index in [1.54, 1.807) is 11.8 Å². The van der Waals surface area contributed by atoms with Gasteiger partial charge in [-0.2, -0.15) is 0 Å². The van der Waals surface area contributed by atoms with Crippen molar-refractivity contribution in [1.82, 2.24) is 0 Å². The predicted octanol–water partition coefficient (Wildman–Crippen LogP) is 3.60. The zero-order valence-corrected chi connectivity index (χ0v) is 12.5. The highest BCUT2D eigenvalue weighted by molar-refractivity contribution is 8.14. The highest BCUT2D eigenvalue weighted by atomic mass is 32.2. The number of amidine groups is 1. The van der Waals surface area contributed by atoms with E-state index in [1.807, 2.05) is 6.20 Å². The summed E-state index contributed by atoms with van der Waals surface area (Å²) in [6.07, 6.45) is 4.71. The van der Waals surface area contributed by atoms with Crippen LogP contribution in [0.3, 0.4) is 0 Å². The Morgan fingerprint density at radius 2 is 1.95 bits per heavy atom. The number of hydrogen-bond donors (Lipinski definition) is 1. The molecular formula is C15H18F2N2OS. The van der Waals surface area contributed by atoms with Crippen molar-refractivity contribution in [2.45, 2.75) is 25.9 Å². The predicted molar refractivity (Wildman–Crippen MR) is 82.0 cm³/mol. The SMILES string of the molecule is NC1=NC=C(CCCCOCc2cc(F)cc(F)c2)CS1. The van der Waals surface area contributed by atoms with Gasteiger partial charge in [-0.05, 0) is 42.5 Å². The van der Waals surface area contributed by atoms with Crippen LogP contribution in [-0.4, -0.2) is 17.5 Å². The fourth-order valence-corrected chi connectivity index (χ4v) is 2.65. The van der Waals surface area contributed by atoms with Crippen molar-refractivity contribution in [3.63, 3.8) is 0 Å². The second-order valence-electron chi connectivity index (χ2n) is 4.83. The number of nitrogens with two attached hydrogens (primary N) is 1. The van der Waals surface area contributed by atoms with Crippen LogP contribution in [0.4, 0.5) is 8.78 Å². The third-order valence-corrected chi connectivity index (χ3v) is 3.92. The second-order valence-corrected chi connectivity index (χ2v) is 5.83. The van der Waals surface area contributed by atoms with E-state index in [0.717, 1.165) is 31.1 Å². The van der Waals surface area contributed by atoms with Gasteiger partial charge in [-0.1, -0.05) is 11.8 Å². The van der Waals surface area contributed by atoms with Gasteiger partial charge in [0.15, 0.2) is 5.17 Å². The molecule has 21 heavy (non-hydrogen) atoms. The maximum Gasteiger partial charge on any atom is 0.158 e. The lowest BCUT2D eigenvalue weighted by atomic mass is 10.1. The first-order valence-electron chi connectivity index (χ1n) is 6.80. The van der Waals surface area contributed by atoms with Gasteiger partial charge >= 0.3 is 0 Å². The van der Waals surface area contributed by atoms with Gasteiger partial charge in [-0.15, -0.1) is 0 Å². The van der Waals surface area contributed by atoms with E-state index in [0.29, 0.717) is 17.3 Å². The Balaban J connectivity index is 1.60. The maximum absolute atomic E-state index is 13.0. The summed E-state index contributed by atoms with van der Waals surface area (Å²) < 4.78 is 31.4. The molecule has 0 aliphatic carbocycles. The standard InChI is InChI=1S/C15H18F2N2OS/c16-13-5-12(6-14(17)7-13)9-20-4-2-1-3-11-8-19-15(18)21-10-11/h5-8H,1-4,9-10H2,(H2,18,19). The van der Waals surface area contributed by atoms with E-state index in [9.17, 15) is 8.78 Å². The van der Waals surface area contributed by atoms with E-state index in [-0.39, 0.29) is 6.61 Å². The summed E-state index contributed by atoms with van der Waals surface area (Å²) in [6.45, 7) is 0.804. The lowest BCUT2D eigenvalue weighted by Crippen LogP contribution is -2.10. The van der Waals surface area contributed by atoms with Crippen LogP contribution in [0.15, 0.2) is 35.0 Å². The lowest BCUT2D eigenvalue weighted by Gasteiger charge is -2.10. The zero-order valence-electron chi connectivity index (χ0n) is 11.6. The van der Waals surface area contributed by atoms with Crippen LogP contribution in [0, 0.1) is 11.6 Å². The molecule has 1 aromatic carbocycles. The molecule has 3 nitrogen and oxygen atoms in total. The average Bonchev–Trinajstić information content (AvgIpc) is 2.43. The molecule has 0 amide bonds. The monoisotopic (exact) mass is 312 g/mol. The van der Waals surface area contributed by atoms with Gasteiger partial charge in [0, 0.05) is 24.6 Å². The van der Waals surface area contributed by atoms with E-state index in [1.165, 1.54) is 17.7 Å². The van der Waals surface area contributed by atoms with Crippen molar-refractivity contribution in [3.05, 3.63) is 47.2 Å². The Morgan fingerprint density at radius 3 is 2.62 bits per heavy atom. The van der Waals surface area contributed by atoms with Gasteiger partial charge in [-0.3, -0.25) is 0 Å². The average molecular weight is 312 g/mol. The Labute approximate surface area is 127 Å². The normalized spacial score (nSPS) is 14.8. The van der Waals surface area contributed by atoms with Crippen LogP contribution in [0.2, 0.25) is 0 Å². The number of thioether (sulfide) groups is 1. The molecule has 0 aromatic heterocycles. The molecule has 2 N–H and O–H groups in total. The molecule has 0 radical (unpaired) electrons. The van der Waals surface area contributed by atoms with Crippen LogP contribution in [-0.2, 0) is 11.3 Å². The molecule has 0 spiro atoms. The smallest absolute Gasteiger partial charge is 0.158 e. The molecule has 0 saturated heterocycles. The fourth-order valence-electron chi connectivity index (χ4n) is 1.97. The maximum atomic E-state index is 13.0. The molecule has 2 rings (SSSR count). The molecule has 1 heterocycles. The van der Waals surface area contributed by atoms with Gasteiger partial charge in [0.25, 0.3) is 0 Å². The quantitative estimate of drug-likeness (QED) is 0.783. The van der Waals surface area contributed by atoms with Crippen LogP contribution in [0.25, 0.3) is 0 Å². The summed E-state index contributed by atoms with van der Waals surface area (Å²) >= 11 is 1.55. The zero-order chi connectivity index (χ0) is 15.1. The molecule has 114 valence electrons. The second kappa shape index (κ2) is 8.14. The molecule has 6 heteroatoms. The first-order valence-corrected chi connectivity index (χ1v) is 7.79. The largest absolute Gasteiger partial charge is 0.378 e. The molecule has 0 bridgehead atoms. The molecule has 1 aliphatic heterocycles. The minimum absolute atomic E-state index is 0.230. The minimum atomic E-state index is -0.574. The number of ether oxygens (including phenoxy) is 1. The number of aliphatic imine (C=N–C) groups is 1. The Kier molecular flexibility index (Phi) is 6.20. The number of hydrogen-bond acceptors (Lipinski definition) is 4. The van der Waals surface area contributed by atoms with Gasteiger partial charge in [0.2, 0.25) is 0 Å². The van der Waals surface area contributed by atoms with Crippen LogP contribution < -0.4 is 5.73 Å². The molecular weight excluding hydrogens is 294 g/mol. The van der Waals surface area contributed by atoms with Crippen LogP contribution in [0.5, 0.6) is 0 Å². The van der Waals surface area contributed by atoms with Gasteiger partial charge < -0.3 is 10.5 Å². The summed E-state index contributed by atoms with van der Waals surface area (Å²) in [7, 11) is 0. The highest BCUT2D eigenvalue weighted by Gasteiger charge is 2.05. The summed E-state index contributed by atoms with van der Waals surface area (Å²) in [4.78, 5) is 4.08. The fraction of sp³-hybridized carbons (Fsp3) is 0.400. The summed E-state index contributed by atoms with van der Waals surface area (Å²) in [6, 6.07) is 3.43. The van der Waals surface area contributed by atoms with Crippen molar-refractivity contribution in [3.8, 4) is 0 Å². The molecule has 0 fully saturated rings. The third-order valence-electron chi connectivity index (χ3n) is 3.01. The molecule has 1 aliphatic rings. The molecule has 0 unspecified atom stereocenters. The summed E-state index contributed by atoms with van der Waals surface area (Å²) in [5.74, 6) is -0.246. The van der Waals surface area contributed by atoms with Crippen molar-refractivity contribution in [2.75, 3.05) is 12.4 Å². The van der Waals surface area contributed by atoms with Crippen molar-refractivity contribution in [1.29, 1.82) is 0 Å². The molecule has 0 saturated carbocycles. The number of nitrogens with zero attached hydrogens (tertiary/aromatic N) is 1. The summed E-state index contributed by atoms with van der Waals surface area (Å²) in [5, 5.41) is 0.615. The molecule has 1 aromatic rings. The Bertz CT molecular complexity index is 526. The van der Waals surface area contributed by atoms with Gasteiger partial charge in [-0.25, -0.2) is 13.8 Å². The topological polar surface area (TPSA) is 47.6 Å². The van der Waals surface area contributed by atoms with Crippen molar-refractivity contribution in [2.24, 2.45) is 10.7 Å². The summed E-state index contributed by atoms with van der Waals surface area (Å²) in [5.41, 5.74) is 7.36. The van der Waals surface area contributed by atoms with Crippen LogP contribution in [0.1, 0.15) is 24.8 Å². The Hall–Kier alpha value is -1.40. The minimum Gasteiger partial charge on any atom is -0.378 e. The lowest BCUT2D eigenvalue weighted by molar-refractivity contribution is 0.117. The van der Waals surface area contributed by atoms with Gasteiger partial charge in [0.1, 0.15) is 11.6 Å². The number of rotatable bonds is 7. The van der Waals surface area contributed by atoms with E-state index in [2.05, 4.69) is 4.99 Å². The number of unbranched alkanes of at least 4 members (excludes halogenated alkanes) is 1. The highest BCUT2D eigenvalue weighted by Crippen LogP contribution is 2.18. The first kappa shape index (κ1) is 16.0. The van der Waals surface area contributed by atoms with E-state index in [4.69, 9.17) is 10.5 Å². The van der Waals surface area contributed by atoms with Gasteiger partial charge in [0.05, 0.1) is 6.61 Å². The Morgan fingerprint density at radius 1 is 1.19 bits per heavy atom. The number of benzene rings is 1. The third kappa shape index (κ3) is 5.85. The van der Waals surface area contributed by atoms with E-state index >= 15 is 0 Å². The molecule has 0 atom stereocenters. The first-order chi connectivity index (χ1) is 10.1. The van der Waals surface area contributed by atoms with E-state index < -0.39 is 11.6 Å².